The number of pyridine rings is 3. The van der Waals surface area contributed by atoms with Crippen molar-refractivity contribution in [2.24, 2.45) is 11.5 Å². The van der Waals surface area contributed by atoms with Crippen molar-refractivity contribution in [3.05, 3.63) is 70.4 Å². The fraction of sp³-hybridized carbons (Fsp3) is 0.0870. The van der Waals surface area contributed by atoms with Crippen LogP contribution in [0.4, 0.5) is 10.9 Å². The molecule has 35 heavy (non-hydrogen) atoms. The Morgan fingerprint density at radius 2 is 1.63 bits per heavy atom. The van der Waals surface area contributed by atoms with E-state index in [9.17, 15) is 14.4 Å². The summed E-state index contributed by atoms with van der Waals surface area (Å²) in [6.07, 6.45) is 1.68. The van der Waals surface area contributed by atoms with Gasteiger partial charge >= 0.3 is 0 Å². The molecule has 0 saturated carbocycles. The Bertz CT molecular complexity index is 1470. The second-order valence-electron chi connectivity index (χ2n) is 7.30. The highest BCUT2D eigenvalue weighted by atomic mass is 79.9. The highest BCUT2D eigenvalue weighted by Gasteiger charge is 2.22. The maximum absolute atomic E-state index is 12.2. The maximum atomic E-state index is 12.2. The van der Waals surface area contributed by atoms with Crippen molar-refractivity contribution in [1.29, 1.82) is 0 Å². The lowest BCUT2D eigenvalue weighted by atomic mass is 10.0. The van der Waals surface area contributed by atoms with Gasteiger partial charge in [0.15, 0.2) is 10.9 Å². The van der Waals surface area contributed by atoms with E-state index < -0.39 is 11.8 Å². The second kappa shape index (κ2) is 10.1. The smallest absolute Gasteiger partial charge is 0.250 e. The van der Waals surface area contributed by atoms with Crippen molar-refractivity contribution in [1.82, 2.24) is 19.9 Å². The van der Waals surface area contributed by atoms with Crippen LogP contribution in [0, 0.1) is 6.92 Å². The molecule has 0 aliphatic carbocycles. The number of rotatable bonds is 8. The average Bonchev–Trinajstić information content (AvgIpc) is 3.32. The molecular weight excluding hydrogens is 534 g/mol. The Hall–Kier alpha value is -4.03. The highest BCUT2D eigenvalue weighted by molar-refractivity contribution is 9.09. The number of hydrogen-bond donors (Lipinski definition) is 3. The van der Waals surface area contributed by atoms with Gasteiger partial charge in [0.25, 0.3) is 11.8 Å². The van der Waals surface area contributed by atoms with Gasteiger partial charge in [0.1, 0.15) is 28.6 Å². The fourth-order valence-corrected chi connectivity index (χ4v) is 4.20. The summed E-state index contributed by atoms with van der Waals surface area (Å²) >= 11 is 4.45. The van der Waals surface area contributed by atoms with Gasteiger partial charge in [-0.3, -0.25) is 14.4 Å². The number of primary amides is 2. The molecule has 4 aromatic rings. The predicted molar refractivity (Wildman–Crippen MR) is 136 cm³/mol. The first-order valence-electron chi connectivity index (χ1n) is 10.1. The summed E-state index contributed by atoms with van der Waals surface area (Å²) in [6, 6.07) is 9.59. The number of hydrogen-bond acceptors (Lipinski definition) is 9. The molecule has 2 amide bonds. The molecule has 12 heteroatoms. The number of aromatic nitrogens is 4. The Morgan fingerprint density at radius 1 is 0.943 bits per heavy atom. The third-order valence-corrected chi connectivity index (χ3v) is 6.22. The van der Waals surface area contributed by atoms with Crippen LogP contribution < -0.4 is 16.8 Å². The number of carbonyl (C=O) groups excluding carboxylic acids is 3. The molecule has 4 aromatic heterocycles. The molecule has 0 atom stereocenters. The first kappa shape index (κ1) is 24.1. The molecule has 10 nitrogen and oxygen atoms in total. The number of halogens is 1. The minimum atomic E-state index is -0.793. The molecule has 5 N–H and O–H groups in total. The summed E-state index contributed by atoms with van der Waals surface area (Å²) in [6.45, 7) is 1.93. The van der Waals surface area contributed by atoms with Crippen LogP contribution in [0.1, 0.15) is 36.8 Å². The van der Waals surface area contributed by atoms with Crippen LogP contribution in [0.25, 0.3) is 22.8 Å². The van der Waals surface area contributed by atoms with E-state index in [1.807, 2.05) is 19.1 Å². The van der Waals surface area contributed by atoms with Crippen LogP contribution >= 0.6 is 27.3 Å². The van der Waals surface area contributed by atoms with E-state index in [2.05, 4.69) is 41.2 Å². The van der Waals surface area contributed by atoms with E-state index >= 15 is 0 Å². The number of anilines is 2. The number of thiazole rings is 1. The molecule has 0 unspecified atom stereocenters. The van der Waals surface area contributed by atoms with Crippen molar-refractivity contribution in [2.45, 2.75) is 6.92 Å². The van der Waals surface area contributed by atoms with Gasteiger partial charge in [-0.25, -0.2) is 19.9 Å². The van der Waals surface area contributed by atoms with Gasteiger partial charge in [-0.15, -0.1) is 11.3 Å². The van der Waals surface area contributed by atoms with E-state index in [-0.39, 0.29) is 39.3 Å². The number of carbonyl (C=O) groups is 3. The first-order valence-corrected chi connectivity index (χ1v) is 12.1. The van der Waals surface area contributed by atoms with Gasteiger partial charge in [0.2, 0.25) is 0 Å². The summed E-state index contributed by atoms with van der Waals surface area (Å²) in [7, 11) is 0. The third-order valence-electron chi connectivity index (χ3n) is 4.95. The molecule has 0 aliphatic rings. The lowest BCUT2D eigenvalue weighted by Gasteiger charge is -2.11. The summed E-state index contributed by atoms with van der Waals surface area (Å²) in [5, 5.41) is 5.56. The lowest BCUT2D eigenvalue weighted by Crippen LogP contribution is -2.18. The zero-order valence-electron chi connectivity index (χ0n) is 18.3. The molecule has 176 valence electrons. The van der Waals surface area contributed by atoms with E-state index in [1.54, 1.807) is 17.6 Å². The average molecular weight is 552 g/mol. The Labute approximate surface area is 212 Å². The monoisotopic (exact) mass is 551 g/mol. The molecule has 4 rings (SSSR count). The highest BCUT2D eigenvalue weighted by Crippen LogP contribution is 2.30. The largest absolute Gasteiger partial charge is 0.366 e. The maximum Gasteiger partial charge on any atom is 0.250 e. The van der Waals surface area contributed by atoms with Gasteiger partial charge in [-0.05, 0) is 42.8 Å². The van der Waals surface area contributed by atoms with E-state index in [4.69, 9.17) is 11.5 Å². The minimum Gasteiger partial charge on any atom is -0.366 e. The van der Waals surface area contributed by atoms with Crippen LogP contribution in [0.3, 0.4) is 0 Å². The van der Waals surface area contributed by atoms with Crippen LogP contribution in [-0.4, -0.2) is 42.9 Å². The summed E-state index contributed by atoms with van der Waals surface area (Å²) in [5.74, 6) is -1.22. The number of nitrogens with two attached hydrogens (primary N) is 2. The molecule has 0 radical (unpaired) electrons. The van der Waals surface area contributed by atoms with Crippen molar-refractivity contribution in [3.8, 4) is 22.8 Å². The quantitative estimate of drug-likeness (QED) is 0.221. The Morgan fingerprint density at radius 3 is 2.29 bits per heavy atom. The number of amides is 2. The summed E-state index contributed by atoms with van der Waals surface area (Å²) in [4.78, 5) is 54.2. The van der Waals surface area contributed by atoms with E-state index in [0.717, 1.165) is 5.56 Å². The molecule has 0 spiro atoms. The standard InChI is InChI=1S/C23H18BrN7O3S/c1-11-3-2-8-27-22(11)31-23-30-16(10-35-23)14-6-4-12(20(25)33)18(28-14)19-13(21(26)34)5-7-15(29-19)17(32)9-24/h2-8,10H,9H2,1H3,(H2,25,33)(H2,26,34)(H,27,30,31). The van der Waals surface area contributed by atoms with Crippen LogP contribution in [0.2, 0.25) is 0 Å². The summed E-state index contributed by atoms with van der Waals surface area (Å²) < 4.78 is 0. The normalized spacial score (nSPS) is 10.7. The zero-order chi connectivity index (χ0) is 25.1. The number of ketones is 1. The lowest BCUT2D eigenvalue weighted by molar-refractivity contribution is 0.0989. The van der Waals surface area contributed by atoms with Gasteiger partial charge in [-0.2, -0.15) is 0 Å². The topological polar surface area (TPSA) is 167 Å². The van der Waals surface area contributed by atoms with E-state index in [1.165, 1.54) is 29.5 Å². The zero-order valence-corrected chi connectivity index (χ0v) is 20.7. The summed E-state index contributed by atoms with van der Waals surface area (Å²) in [5.41, 5.74) is 13.1. The molecule has 0 aromatic carbocycles. The number of alkyl halides is 1. The van der Waals surface area contributed by atoms with Crippen molar-refractivity contribution >= 4 is 55.8 Å². The van der Waals surface area contributed by atoms with Gasteiger partial charge in [0, 0.05) is 11.6 Å². The minimum absolute atomic E-state index is 0.00506. The number of Topliss-reactive ketones (excluding diaryl/α,β-unsaturated/α-hetero) is 1. The van der Waals surface area contributed by atoms with Crippen molar-refractivity contribution in [2.75, 3.05) is 10.6 Å². The SMILES string of the molecule is Cc1cccnc1Nc1nc(-c2ccc(C(N)=O)c(-c3nc(C(=O)CBr)ccc3C(N)=O)n2)cs1. The van der Waals surface area contributed by atoms with Crippen LogP contribution in [0.5, 0.6) is 0 Å². The van der Waals surface area contributed by atoms with Crippen molar-refractivity contribution in [3.63, 3.8) is 0 Å². The van der Waals surface area contributed by atoms with Gasteiger partial charge in [-0.1, -0.05) is 22.0 Å². The fourth-order valence-electron chi connectivity index (χ4n) is 3.21. The molecular formula is C23H18BrN7O3S. The molecule has 4 heterocycles. The molecule has 0 saturated heterocycles. The van der Waals surface area contributed by atoms with Crippen LogP contribution in [0.15, 0.2) is 48.0 Å². The van der Waals surface area contributed by atoms with Crippen molar-refractivity contribution < 1.29 is 14.4 Å². The Kier molecular flexibility index (Phi) is 6.94. The first-order chi connectivity index (χ1) is 16.8. The van der Waals surface area contributed by atoms with E-state index in [0.29, 0.717) is 22.3 Å². The molecule has 0 aliphatic heterocycles. The number of aryl methyl sites for hydroxylation is 1. The van der Waals surface area contributed by atoms with Gasteiger partial charge in [0.05, 0.1) is 22.2 Å². The third kappa shape index (κ3) is 5.08. The molecule has 0 fully saturated rings. The van der Waals surface area contributed by atoms with Crippen LogP contribution in [-0.2, 0) is 0 Å². The number of nitrogens with zero attached hydrogens (tertiary/aromatic N) is 4. The second-order valence-corrected chi connectivity index (χ2v) is 8.72. The predicted octanol–water partition coefficient (Wildman–Crippen LogP) is 3.49. The number of nitrogens with one attached hydrogen (secondary N) is 1. The van der Waals surface area contributed by atoms with Gasteiger partial charge < -0.3 is 16.8 Å². The molecule has 0 bridgehead atoms. The Balaban J connectivity index is 1.81.